The Balaban J connectivity index is 1.85. The molecule has 2 bridgehead atoms. The Morgan fingerprint density at radius 2 is 2.05 bits per heavy atom. The van der Waals surface area contributed by atoms with Gasteiger partial charge >= 0.3 is 0 Å². The molecular weight excluding hydrogens is 250 g/mol. The van der Waals surface area contributed by atoms with Gasteiger partial charge < -0.3 is 10.1 Å². The van der Waals surface area contributed by atoms with Gasteiger partial charge in [0.25, 0.3) is 0 Å². The molecule has 0 spiro atoms. The van der Waals surface area contributed by atoms with Crippen LogP contribution in [0.2, 0.25) is 0 Å². The number of ether oxygens (including phenoxy) is 1. The summed E-state index contributed by atoms with van der Waals surface area (Å²) in [7, 11) is 1.83. The van der Waals surface area contributed by atoms with Gasteiger partial charge in [0, 0.05) is 24.2 Å². The number of fused-ring (bicyclic) bond motifs is 2. The summed E-state index contributed by atoms with van der Waals surface area (Å²) in [6.07, 6.45) is 4.03. The molecule has 0 amide bonds. The first kappa shape index (κ1) is 13.7. The van der Waals surface area contributed by atoms with Crippen molar-refractivity contribution in [3.63, 3.8) is 0 Å². The van der Waals surface area contributed by atoms with E-state index in [2.05, 4.69) is 36.1 Å². The molecular formula is C16H25N3O. The number of rotatable bonds is 3. The summed E-state index contributed by atoms with van der Waals surface area (Å²) in [6.45, 7) is 9.16. The maximum absolute atomic E-state index is 6.28. The molecule has 3 rings (SSSR count). The first-order chi connectivity index (χ1) is 9.36. The zero-order valence-electron chi connectivity index (χ0n) is 13.2. The second-order valence-corrected chi connectivity index (χ2v) is 7.14. The quantitative estimate of drug-likeness (QED) is 0.918. The van der Waals surface area contributed by atoms with Gasteiger partial charge in [-0.3, -0.25) is 0 Å². The highest BCUT2D eigenvalue weighted by Crippen LogP contribution is 2.66. The molecule has 20 heavy (non-hydrogen) atoms. The van der Waals surface area contributed by atoms with E-state index in [0.717, 1.165) is 18.0 Å². The zero-order valence-corrected chi connectivity index (χ0v) is 13.2. The van der Waals surface area contributed by atoms with Gasteiger partial charge in [0.05, 0.1) is 0 Å². The smallest absolute Gasteiger partial charge is 0.225 e. The zero-order chi connectivity index (χ0) is 14.5. The number of nitrogens with zero attached hydrogens (tertiary/aromatic N) is 2. The summed E-state index contributed by atoms with van der Waals surface area (Å²) in [5, 5.41) is 2.99. The lowest BCUT2D eigenvalue weighted by atomic mass is 9.70. The summed E-state index contributed by atoms with van der Waals surface area (Å²) in [5.74, 6) is 2.12. The number of hydrogen-bond donors (Lipinski definition) is 1. The summed E-state index contributed by atoms with van der Waals surface area (Å²) in [6, 6.07) is 1.93. The van der Waals surface area contributed by atoms with Gasteiger partial charge in [-0.2, -0.15) is 4.98 Å². The number of nitrogens with one attached hydrogen (secondary N) is 1. The van der Waals surface area contributed by atoms with E-state index in [1.165, 1.54) is 12.8 Å². The highest BCUT2D eigenvalue weighted by molar-refractivity contribution is 5.30. The van der Waals surface area contributed by atoms with Crippen molar-refractivity contribution < 1.29 is 4.74 Å². The number of anilines is 1. The van der Waals surface area contributed by atoms with Crippen LogP contribution in [0.1, 0.15) is 45.7 Å². The molecule has 1 aromatic heterocycles. The summed E-state index contributed by atoms with van der Waals surface area (Å²) < 4.78 is 6.28. The van der Waals surface area contributed by atoms with E-state index in [1.807, 2.05) is 20.0 Å². The minimum atomic E-state index is 0.260. The monoisotopic (exact) mass is 275 g/mol. The van der Waals surface area contributed by atoms with E-state index in [4.69, 9.17) is 4.74 Å². The van der Waals surface area contributed by atoms with E-state index in [9.17, 15) is 0 Å². The average Bonchev–Trinajstić information content (AvgIpc) is 2.71. The number of hydrogen-bond acceptors (Lipinski definition) is 4. The number of aryl methyl sites for hydroxylation is 1. The minimum Gasteiger partial charge on any atom is -0.474 e. The van der Waals surface area contributed by atoms with Crippen LogP contribution in [0, 0.1) is 23.7 Å². The second kappa shape index (κ2) is 4.34. The Kier molecular flexibility index (Phi) is 2.96. The maximum atomic E-state index is 6.28. The molecule has 0 saturated heterocycles. The average molecular weight is 275 g/mol. The fourth-order valence-corrected chi connectivity index (χ4v) is 4.17. The van der Waals surface area contributed by atoms with Gasteiger partial charge in [-0.1, -0.05) is 20.8 Å². The van der Waals surface area contributed by atoms with E-state index in [0.29, 0.717) is 17.2 Å². The fourth-order valence-electron chi connectivity index (χ4n) is 4.17. The first-order valence-corrected chi connectivity index (χ1v) is 7.57. The molecule has 4 nitrogen and oxygen atoms in total. The molecule has 2 fully saturated rings. The lowest BCUT2D eigenvalue weighted by molar-refractivity contribution is 0.0273. The van der Waals surface area contributed by atoms with Crippen LogP contribution in [-0.4, -0.2) is 23.1 Å². The summed E-state index contributed by atoms with van der Waals surface area (Å²) in [4.78, 5) is 8.75. The lowest BCUT2D eigenvalue weighted by Crippen LogP contribution is -2.39. The van der Waals surface area contributed by atoms with Gasteiger partial charge in [-0.05, 0) is 37.5 Å². The van der Waals surface area contributed by atoms with Crippen molar-refractivity contribution in [3.05, 3.63) is 11.8 Å². The van der Waals surface area contributed by atoms with Gasteiger partial charge in [0.2, 0.25) is 11.8 Å². The Bertz CT molecular complexity index is 528. The van der Waals surface area contributed by atoms with Crippen LogP contribution in [0.25, 0.3) is 0 Å². The lowest BCUT2D eigenvalue weighted by Gasteiger charge is -2.38. The Morgan fingerprint density at radius 3 is 2.60 bits per heavy atom. The predicted molar refractivity (Wildman–Crippen MR) is 80.0 cm³/mol. The van der Waals surface area contributed by atoms with E-state index >= 15 is 0 Å². The molecule has 2 aliphatic carbocycles. The molecule has 1 aromatic rings. The molecule has 4 heteroatoms. The van der Waals surface area contributed by atoms with Crippen molar-refractivity contribution in [1.29, 1.82) is 0 Å². The van der Waals surface area contributed by atoms with Crippen LogP contribution in [0.15, 0.2) is 6.07 Å². The van der Waals surface area contributed by atoms with Gasteiger partial charge in [0.15, 0.2) is 0 Å². The van der Waals surface area contributed by atoms with Crippen molar-refractivity contribution in [3.8, 4) is 5.88 Å². The highest BCUT2D eigenvalue weighted by Gasteiger charge is 2.62. The van der Waals surface area contributed by atoms with Crippen LogP contribution < -0.4 is 10.1 Å². The normalized spacial score (nSPS) is 34.2. The minimum absolute atomic E-state index is 0.260. The third-order valence-corrected chi connectivity index (χ3v) is 6.03. The van der Waals surface area contributed by atoms with Gasteiger partial charge in [-0.25, -0.2) is 4.98 Å². The van der Waals surface area contributed by atoms with Crippen LogP contribution >= 0.6 is 0 Å². The van der Waals surface area contributed by atoms with E-state index in [1.54, 1.807) is 0 Å². The second-order valence-electron chi connectivity index (χ2n) is 7.14. The van der Waals surface area contributed by atoms with Gasteiger partial charge in [0.1, 0.15) is 6.10 Å². The largest absolute Gasteiger partial charge is 0.474 e. The van der Waals surface area contributed by atoms with Crippen molar-refractivity contribution in [1.82, 2.24) is 9.97 Å². The third-order valence-electron chi connectivity index (χ3n) is 6.03. The molecule has 1 heterocycles. The van der Waals surface area contributed by atoms with Crippen LogP contribution in [-0.2, 0) is 0 Å². The van der Waals surface area contributed by atoms with Crippen molar-refractivity contribution in [2.75, 3.05) is 12.4 Å². The molecule has 3 atom stereocenters. The Hall–Kier alpha value is -1.32. The number of aromatic nitrogens is 2. The molecule has 0 aliphatic heterocycles. The van der Waals surface area contributed by atoms with Crippen molar-refractivity contribution in [2.45, 2.75) is 53.1 Å². The van der Waals surface area contributed by atoms with Crippen LogP contribution in [0.3, 0.4) is 0 Å². The molecule has 1 N–H and O–H groups in total. The standard InChI is InChI=1S/C16H25N3O/c1-10-8-13(19-14(17-5)18-10)20-12-9-11-6-7-16(12,4)15(11,2)3/h8,11-12H,6-7,9H2,1-5H3,(H,17,18,19). The molecule has 3 unspecified atom stereocenters. The molecule has 0 radical (unpaired) electrons. The maximum Gasteiger partial charge on any atom is 0.225 e. The van der Waals surface area contributed by atoms with Crippen LogP contribution in [0.5, 0.6) is 5.88 Å². The first-order valence-electron chi connectivity index (χ1n) is 7.57. The summed E-state index contributed by atoms with van der Waals surface area (Å²) in [5.41, 5.74) is 1.56. The molecule has 110 valence electrons. The van der Waals surface area contributed by atoms with E-state index < -0.39 is 0 Å². The van der Waals surface area contributed by atoms with Crippen LogP contribution in [0.4, 0.5) is 5.95 Å². The molecule has 0 aromatic carbocycles. The Labute approximate surface area is 121 Å². The van der Waals surface area contributed by atoms with E-state index in [-0.39, 0.29) is 11.5 Å². The third kappa shape index (κ3) is 1.80. The molecule has 2 aliphatic rings. The van der Waals surface area contributed by atoms with Crippen molar-refractivity contribution in [2.24, 2.45) is 16.7 Å². The fraction of sp³-hybridized carbons (Fsp3) is 0.750. The Morgan fingerprint density at radius 1 is 1.30 bits per heavy atom. The topological polar surface area (TPSA) is 47.0 Å². The summed E-state index contributed by atoms with van der Waals surface area (Å²) >= 11 is 0. The SMILES string of the molecule is CNc1nc(C)cc(OC2CC3CCC2(C)C3(C)C)n1. The van der Waals surface area contributed by atoms with Crippen molar-refractivity contribution >= 4 is 5.95 Å². The van der Waals surface area contributed by atoms with Gasteiger partial charge in [-0.15, -0.1) is 0 Å². The molecule has 2 saturated carbocycles. The highest BCUT2D eigenvalue weighted by atomic mass is 16.5. The predicted octanol–water partition coefficient (Wildman–Crippen LogP) is 3.42.